The Hall–Kier alpha value is -2.70. The van der Waals surface area contributed by atoms with E-state index in [1.807, 2.05) is 0 Å². The van der Waals surface area contributed by atoms with Crippen LogP contribution in [-0.4, -0.2) is 9.91 Å². The van der Waals surface area contributed by atoms with Crippen molar-refractivity contribution in [3.63, 3.8) is 0 Å². The van der Waals surface area contributed by atoms with Gasteiger partial charge in [-0.3, -0.25) is 10.1 Å². The number of hydrogen-bond acceptors (Lipinski definition) is 5. The highest BCUT2D eigenvalue weighted by Gasteiger charge is 2.18. The molecule has 6 nitrogen and oxygen atoms in total. The maximum absolute atomic E-state index is 13.0. The van der Waals surface area contributed by atoms with Gasteiger partial charge in [-0.2, -0.15) is 4.98 Å². The van der Waals surface area contributed by atoms with Crippen LogP contribution in [0.15, 0.2) is 30.3 Å². The van der Waals surface area contributed by atoms with E-state index >= 15 is 0 Å². The third kappa shape index (κ3) is 2.76. The second-order valence-corrected chi connectivity index (χ2v) is 3.83. The maximum Gasteiger partial charge on any atom is 0.331 e. The van der Waals surface area contributed by atoms with Crippen LogP contribution in [0.25, 0.3) is 0 Å². The molecular formula is C12H10FN3O3. The summed E-state index contributed by atoms with van der Waals surface area (Å²) < 4.78 is 18.3. The number of aryl methyl sites for hydroxylation is 1. The number of ether oxygens (including phenoxy) is 1. The van der Waals surface area contributed by atoms with E-state index in [2.05, 4.69) is 4.98 Å². The molecule has 0 aliphatic carbocycles. The van der Waals surface area contributed by atoms with Gasteiger partial charge in [0.2, 0.25) is 0 Å². The smallest absolute Gasteiger partial charge is 0.331 e. The van der Waals surface area contributed by atoms with E-state index in [-0.39, 0.29) is 23.1 Å². The molecule has 0 saturated carbocycles. The number of nitrogens with zero attached hydrogens (tertiary/aromatic N) is 2. The van der Waals surface area contributed by atoms with E-state index in [0.29, 0.717) is 5.56 Å². The number of halogens is 1. The number of rotatable bonds is 3. The molecule has 0 saturated heterocycles. The summed E-state index contributed by atoms with van der Waals surface area (Å²) in [6.07, 6.45) is 0. The Morgan fingerprint density at radius 1 is 1.37 bits per heavy atom. The molecule has 0 fully saturated rings. The fraction of sp³-hybridized carbons (Fsp3) is 0.0833. The number of nitro groups is 1. The highest BCUT2D eigenvalue weighted by Crippen LogP contribution is 2.31. The highest BCUT2D eigenvalue weighted by molar-refractivity contribution is 5.49. The summed E-state index contributed by atoms with van der Waals surface area (Å²) in [4.78, 5) is 14.0. The molecule has 0 unspecified atom stereocenters. The van der Waals surface area contributed by atoms with Crippen LogP contribution in [0.5, 0.6) is 11.6 Å². The summed E-state index contributed by atoms with van der Waals surface area (Å²) in [5, 5.41) is 10.8. The number of pyridine rings is 1. The van der Waals surface area contributed by atoms with E-state index in [9.17, 15) is 14.5 Å². The quantitative estimate of drug-likeness (QED) is 0.679. The van der Waals surface area contributed by atoms with Crippen LogP contribution in [0, 0.1) is 22.9 Å². The molecule has 0 amide bonds. The first-order valence-corrected chi connectivity index (χ1v) is 5.32. The largest absolute Gasteiger partial charge is 0.433 e. The average molecular weight is 263 g/mol. The van der Waals surface area contributed by atoms with Crippen LogP contribution in [0.4, 0.5) is 15.9 Å². The number of nitrogens with two attached hydrogens (primary N) is 1. The third-order valence-electron chi connectivity index (χ3n) is 2.40. The topological polar surface area (TPSA) is 91.3 Å². The van der Waals surface area contributed by atoms with E-state index in [1.54, 1.807) is 6.92 Å². The van der Waals surface area contributed by atoms with Gasteiger partial charge in [-0.25, -0.2) is 4.39 Å². The van der Waals surface area contributed by atoms with Crippen LogP contribution in [0.3, 0.4) is 0 Å². The van der Waals surface area contributed by atoms with Gasteiger partial charge in [0.1, 0.15) is 17.4 Å². The first-order chi connectivity index (χ1) is 8.97. The minimum atomic E-state index is -0.624. The lowest BCUT2D eigenvalue weighted by Gasteiger charge is -2.08. The number of hydrogen-bond donors (Lipinski definition) is 1. The number of nitrogen functional groups attached to an aromatic ring is 1. The zero-order valence-corrected chi connectivity index (χ0v) is 9.96. The molecule has 1 aromatic heterocycles. The van der Waals surface area contributed by atoms with Gasteiger partial charge in [0.25, 0.3) is 0 Å². The predicted molar refractivity (Wildman–Crippen MR) is 66.5 cm³/mol. The molecule has 1 heterocycles. The van der Waals surface area contributed by atoms with Crippen molar-refractivity contribution < 1.29 is 14.1 Å². The number of benzene rings is 1. The molecule has 0 aliphatic rings. The minimum absolute atomic E-state index is 0.0976. The van der Waals surface area contributed by atoms with Gasteiger partial charge in [-0.1, -0.05) is 0 Å². The maximum atomic E-state index is 13.0. The van der Waals surface area contributed by atoms with Crippen molar-refractivity contribution in [2.75, 3.05) is 5.73 Å². The van der Waals surface area contributed by atoms with Crippen molar-refractivity contribution in [3.8, 4) is 11.6 Å². The van der Waals surface area contributed by atoms with Crippen LogP contribution in [0.1, 0.15) is 5.56 Å². The first-order valence-electron chi connectivity index (χ1n) is 5.32. The SMILES string of the molecule is Cc1cc(F)ccc1Oc1nc(N)ccc1[N+](=O)[O-]. The van der Waals surface area contributed by atoms with E-state index in [1.165, 1.54) is 30.3 Å². The van der Waals surface area contributed by atoms with E-state index in [0.717, 1.165) is 0 Å². The molecule has 2 N–H and O–H groups in total. The average Bonchev–Trinajstić information content (AvgIpc) is 2.32. The standard InChI is InChI=1S/C12H10FN3O3/c1-7-6-8(13)2-4-10(7)19-12-9(16(17)18)3-5-11(14)15-12/h2-6H,1H3,(H2,14,15). The molecule has 7 heteroatoms. The molecule has 0 bridgehead atoms. The molecule has 98 valence electrons. The second kappa shape index (κ2) is 4.89. The fourth-order valence-electron chi connectivity index (χ4n) is 1.49. The summed E-state index contributed by atoms with van der Waals surface area (Å²) in [6.45, 7) is 1.62. The molecule has 1 aromatic carbocycles. The van der Waals surface area contributed by atoms with Crippen molar-refractivity contribution >= 4 is 11.5 Å². The van der Waals surface area contributed by atoms with Crippen LogP contribution >= 0.6 is 0 Å². The zero-order chi connectivity index (χ0) is 14.0. The molecule has 0 spiro atoms. The van der Waals surface area contributed by atoms with Gasteiger partial charge >= 0.3 is 11.6 Å². The summed E-state index contributed by atoms with van der Waals surface area (Å²) in [7, 11) is 0. The minimum Gasteiger partial charge on any atom is -0.433 e. The lowest BCUT2D eigenvalue weighted by atomic mass is 10.2. The Morgan fingerprint density at radius 3 is 2.74 bits per heavy atom. The molecule has 19 heavy (non-hydrogen) atoms. The third-order valence-corrected chi connectivity index (χ3v) is 2.40. The van der Waals surface area contributed by atoms with Crippen molar-refractivity contribution in [1.82, 2.24) is 4.98 Å². The summed E-state index contributed by atoms with van der Waals surface area (Å²) in [5.41, 5.74) is 5.66. The van der Waals surface area contributed by atoms with Gasteiger partial charge in [-0.05, 0) is 36.8 Å². The van der Waals surface area contributed by atoms with Crippen LogP contribution in [0.2, 0.25) is 0 Å². The highest BCUT2D eigenvalue weighted by atomic mass is 19.1. The number of aromatic nitrogens is 1. The van der Waals surface area contributed by atoms with Gasteiger partial charge in [-0.15, -0.1) is 0 Å². The first kappa shape index (κ1) is 12.7. The van der Waals surface area contributed by atoms with Crippen molar-refractivity contribution in [1.29, 1.82) is 0 Å². The normalized spacial score (nSPS) is 10.2. The molecule has 0 atom stereocenters. The summed E-state index contributed by atoms with van der Waals surface area (Å²) in [6, 6.07) is 6.34. The van der Waals surface area contributed by atoms with Crippen molar-refractivity contribution in [2.24, 2.45) is 0 Å². The second-order valence-electron chi connectivity index (χ2n) is 3.83. The molecule has 2 aromatic rings. The van der Waals surface area contributed by atoms with Gasteiger partial charge in [0.05, 0.1) is 4.92 Å². The van der Waals surface area contributed by atoms with Gasteiger partial charge in [0, 0.05) is 6.07 Å². The van der Waals surface area contributed by atoms with Gasteiger partial charge < -0.3 is 10.5 Å². The Kier molecular flexibility index (Phi) is 3.28. The van der Waals surface area contributed by atoms with E-state index in [4.69, 9.17) is 10.5 Å². The molecule has 0 aliphatic heterocycles. The molecule has 0 radical (unpaired) electrons. The Bertz CT molecular complexity index is 646. The van der Waals surface area contributed by atoms with Crippen molar-refractivity contribution in [2.45, 2.75) is 6.92 Å². The monoisotopic (exact) mass is 263 g/mol. The van der Waals surface area contributed by atoms with E-state index < -0.39 is 10.7 Å². The predicted octanol–water partition coefficient (Wildman–Crippen LogP) is 2.81. The van der Waals surface area contributed by atoms with Crippen molar-refractivity contribution in [3.05, 3.63) is 51.8 Å². The zero-order valence-electron chi connectivity index (χ0n) is 9.96. The van der Waals surface area contributed by atoms with Crippen LogP contribution < -0.4 is 10.5 Å². The summed E-state index contributed by atoms with van der Waals surface area (Å²) >= 11 is 0. The summed E-state index contributed by atoms with van der Waals surface area (Å²) in [5.74, 6) is -0.262. The lowest BCUT2D eigenvalue weighted by molar-refractivity contribution is -0.386. The molecular weight excluding hydrogens is 253 g/mol. The Morgan fingerprint density at radius 2 is 2.11 bits per heavy atom. The Balaban J connectivity index is 2.42. The van der Waals surface area contributed by atoms with Crippen LogP contribution in [-0.2, 0) is 0 Å². The lowest BCUT2D eigenvalue weighted by Crippen LogP contribution is -1.99. The number of anilines is 1. The van der Waals surface area contributed by atoms with Gasteiger partial charge in [0.15, 0.2) is 0 Å². The fourth-order valence-corrected chi connectivity index (χ4v) is 1.49. The molecule has 2 rings (SSSR count). The Labute approximate surface area is 107 Å².